The van der Waals surface area contributed by atoms with E-state index in [0.29, 0.717) is 0 Å². The molecule has 2 heterocycles. The molecule has 1 fully saturated rings. The molecule has 10 heteroatoms. The molecule has 0 spiro atoms. The standard InChI is InChI=1S/C9H11ClFN3O5/c10-3-1-14(9(17)12-7(3)13-18)8-5(11)6(16)4(2-15)19-8/h1,4-6,8,15-16,18H,2H2,(H,12,13,17)/t4-,5?,6+,8-/m0/s1. The van der Waals surface area contributed by atoms with Gasteiger partial charge in [-0.25, -0.2) is 9.18 Å². The number of nitrogens with one attached hydrogen (secondary N) is 1. The van der Waals surface area contributed by atoms with E-state index in [1.807, 2.05) is 0 Å². The minimum absolute atomic E-state index is 0.139. The van der Waals surface area contributed by atoms with Crippen molar-refractivity contribution >= 4 is 17.4 Å². The lowest BCUT2D eigenvalue weighted by molar-refractivity contribution is -0.0491. The van der Waals surface area contributed by atoms with Crippen LogP contribution in [-0.4, -0.2) is 50.0 Å². The van der Waals surface area contributed by atoms with Crippen LogP contribution in [0.1, 0.15) is 6.23 Å². The molecular weight excluding hydrogens is 285 g/mol. The third-order valence-corrected chi connectivity index (χ3v) is 3.04. The van der Waals surface area contributed by atoms with Gasteiger partial charge in [-0.2, -0.15) is 4.98 Å². The second-order valence-electron chi connectivity index (χ2n) is 3.92. The van der Waals surface area contributed by atoms with Gasteiger partial charge < -0.3 is 14.9 Å². The van der Waals surface area contributed by atoms with Gasteiger partial charge in [-0.3, -0.25) is 15.3 Å². The van der Waals surface area contributed by atoms with Crippen LogP contribution in [0.4, 0.5) is 10.2 Å². The molecule has 1 unspecified atom stereocenters. The maximum absolute atomic E-state index is 13.8. The number of ether oxygens (including phenoxy) is 1. The number of nitrogens with zero attached hydrogens (tertiary/aromatic N) is 2. The van der Waals surface area contributed by atoms with Crippen LogP contribution in [0.5, 0.6) is 0 Å². The van der Waals surface area contributed by atoms with E-state index in [-0.39, 0.29) is 10.8 Å². The number of alkyl halides is 1. The van der Waals surface area contributed by atoms with Gasteiger partial charge in [-0.15, -0.1) is 0 Å². The number of aliphatic hydroxyl groups is 2. The number of halogens is 2. The molecule has 1 aliphatic rings. The fraction of sp³-hybridized carbons (Fsp3) is 0.556. The molecule has 1 aliphatic heterocycles. The summed E-state index contributed by atoms with van der Waals surface area (Å²) in [5, 5.41) is 26.9. The third kappa shape index (κ3) is 2.42. The fourth-order valence-electron chi connectivity index (χ4n) is 1.78. The van der Waals surface area contributed by atoms with Crippen LogP contribution in [0.15, 0.2) is 11.0 Å². The summed E-state index contributed by atoms with van der Waals surface area (Å²) in [6.45, 7) is -0.593. The van der Waals surface area contributed by atoms with Gasteiger partial charge in [0.25, 0.3) is 0 Å². The molecule has 0 aromatic carbocycles. The summed E-state index contributed by atoms with van der Waals surface area (Å²) in [5.41, 5.74) is 0.682. The molecule has 1 saturated heterocycles. The molecule has 0 bridgehead atoms. The highest BCUT2D eigenvalue weighted by atomic mass is 35.5. The van der Waals surface area contributed by atoms with Crippen LogP contribution in [-0.2, 0) is 4.74 Å². The molecule has 2 rings (SSSR count). The average molecular weight is 296 g/mol. The van der Waals surface area contributed by atoms with Crippen molar-refractivity contribution in [2.75, 3.05) is 12.1 Å². The summed E-state index contributed by atoms with van der Waals surface area (Å²) in [5.74, 6) is -0.282. The van der Waals surface area contributed by atoms with Crippen molar-refractivity contribution < 1.29 is 24.5 Å². The van der Waals surface area contributed by atoms with Crippen LogP contribution >= 0.6 is 11.6 Å². The predicted molar refractivity (Wildman–Crippen MR) is 60.8 cm³/mol. The van der Waals surface area contributed by atoms with E-state index >= 15 is 0 Å². The number of aromatic nitrogens is 2. The van der Waals surface area contributed by atoms with Crippen molar-refractivity contribution in [2.24, 2.45) is 0 Å². The van der Waals surface area contributed by atoms with Crippen molar-refractivity contribution in [1.82, 2.24) is 9.55 Å². The van der Waals surface area contributed by atoms with E-state index in [1.165, 1.54) is 0 Å². The molecule has 0 radical (unpaired) electrons. The Morgan fingerprint density at radius 1 is 1.63 bits per heavy atom. The summed E-state index contributed by atoms with van der Waals surface area (Å²) in [7, 11) is 0. The van der Waals surface area contributed by atoms with Gasteiger partial charge in [0.05, 0.1) is 6.61 Å². The number of aliphatic hydroxyl groups excluding tert-OH is 2. The zero-order chi connectivity index (χ0) is 14.2. The van der Waals surface area contributed by atoms with E-state index in [2.05, 4.69) is 4.98 Å². The third-order valence-electron chi connectivity index (χ3n) is 2.76. The number of anilines is 1. The van der Waals surface area contributed by atoms with Crippen LogP contribution in [0, 0.1) is 0 Å². The highest BCUT2D eigenvalue weighted by Crippen LogP contribution is 2.31. The van der Waals surface area contributed by atoms with E-state index in [4.69, 9.17) is 26.7 Å². The molecule has 0 amide bonds. The van der Waals surface area contributed by atoms with Crippen LogP contribution in [0.25, 0.3) is 0 Å². The molecule has 106 valence electrons. The summed E-state index contributed by atoms with van der Waals surface area (Å²) in [6, 6.07) is 0. The molecule has 0 aliphatic carbocycles. The Labute approximate surface area is 111 Å². The second kappa shape index (κ2) is 5.39. The summed E-state index contributed by atoms with van der Waals surface area (Å²) in [6.07, 6.45) is -5.05. The van der Waals surface area contributed by atoms with Crippen molar-refractivity contribution in [3.05, 3.63) is 21.7 Å². The Bertz CT molecular complexity index is 527. The lowest BCUT2D eigenvalue weighted by atomic mass is 10.1. The van der Waals surface area contributed by atoms with Gasteiger partial charge in [0.15, 0.2) is 18.2 Å². The van der Waals surface area contributed by atoms with Crippen molar-refractivity contribution in [2.45, 2.75) is 24.6 Å². The Hall–Kier alpha value is -1.26. The SMILES string of the molecule is O=c1nc(NO)c(Cl)cn1[C@H]1O[C@@H](CO)[C@@H](O)C1F. The Morgan fingerprint density at radius 2 is 2.32 bits per heavy atom. The lowest BCUT2D eigenvalue weighted by Gasteiger charge is -2.16. The molecule has 1 aromatic heterocycles. The maximum atomic E-state index is 13.8. The zero-order valence-corrected chi connectivity index (χ0v) is 10.2. The monoisotopic (exact) mass is 295 g/mol. The fourth-order valence-corrected chi connectivity index (χ4v) is 1.97. The normalized spacial score (nSPS) is 30.6. The molecular formula is C9H11ClFN3O5. The number of rotatable bonds is 3. The predicted octanol–water partition coefficient (Wildman–Crippen LogP) is -0.714. The maximum Gasteiger partial charge on any atom is 0.351 e. The molecule has 1 aromatic rings. The molecule has 4 N–H and O–H groups in total. The first-order valence-corrected chi connectivity index (χ1v) is 5.64. The van der Waals surface area contributed by atoms with E-state index in [1.54, 1.807) is 5.48 Å². The minimum Gasteiger partial charge on any atom is -0.394 e. The summed E-state index contributed by atoms with van der Waals surface area (Å²) in [4.78, 5) is 15.0. The molecule has 4 atom stereocenters. The van der Waals surface area contributed by atoms with E-state index in [0.717, 1.165) is 10.8 Å². The first-order chi connectivity index (χ1) is 8.99. The number of hydrogen-bond donors (Lipinski definition) is 4. The van der Waals surface area contributed by atoms with Gasteiger partial charge in [0.1, 0.15) is 17.2 Å². The van der Waals surface area contributed by atoms with Crippen molar-refractivity contribution in [1.29, 1.82) is 0 Å². The lowest BCUT2D eigenvalue weighted by Crippen LogP contribution is -2.33. The Kier molecular flexibility index (Phi) is 4.02. The van der Waals surface area contributed by atoms with Crippen LogP contribution in [0.3, 0.4) is 0 Å². The van der Waals surface area contributed by atoms with Gasteiger partial charge in [-0.05, 0) is 0 Å². The quantitative estimate of drug-likeness (QED) is 0.544. The van der Waals surface area contributed by atoms with Crippen LogP contribution < -0.4 is 11.2 Å². The van der Waals surface area contributed by atoms with E-state index in [9.17, 15) is 14.3 Å². The van der Waals surface area contributed by atoms with Gasteiger partial charge in [0.2, 0.25) is 0 Å². The molecule has 0 saturated carbocycles. The van der Waals surface area contributed by atoms with Crippen LogP contribution in [0.2, 0.25) is 5.02 Å². The van der Waals surface area contributed by atoms with Crippen molar-refractivity contribution in [3.63, 3.8) is 0 Å². The Balaban J connectivity index is 2.38. The Morgan fingerprint density at radius 3 is 2.84 bits per heavy atom. The average Bonchev–Trinajstić information content (AvgIpc) is 2.68. The smallest absolute Gasteiger partial charge is 0.351 e. The number of hydrogen-bond acceptors (Lipinski definition) is 7. The summed E-state index contributed by atoms with van der Waals surface area (Å²) >= 11 is 5.70. The first kappa shape index (κ1) is 14.2. The molecule has 8 nitrogen and oxygen atoms in total. The minimum atomic E-state index is -1.92. The van der Waals surface area contributed by atoms with E-state index < -0.39 is 36.9 Å². The largest absolute Gasteiger partial charge is 0.394 e. The highest BCUT2D eigenvalue weighted by Gasteiger charge is 2.45. The first-order valence-electron chi connectivity index (χ1n) is 5.26. The second-order valence-corrected chi connectivity index (χ2v) is 4.33. The molecule has 19 heavy (non-hydrogen) atoms. The van der Waals surface area contributed by atoms with Crippen molar-refractivity contribution in [3.8, 4) is 0 Å². The van der Waals surface area contributed by atoms with Gasteiger partial charge in [-0.1, -0.05) is 11.6 Å². The zero-order valence-electron chi connectivity index (χ0n) is 9.40. The highest BCUT2D eigenvalue weighted by molar-refractivity contribution is 6.32. The summed E-state index contributed by atoms with van der Waals surface area (Å²) < 4.78 is 19.6. The van der Waals surface area contributed by atoms with Gasteiger partial charge >= 0.3 is 5.69 Å². The topological polar surface area (TPSA) is 117 Å². The van der Waals surface area contributed by atoms with Gasteiger partial charge in [0, 0.05) is 6.20 Å².